The molecule has 1 aromatic carbocycles. The van der Waals surface area contributed by atoms with Crippen LogP contribution in [-0.4, -0.2) is 80.3 Å². The fourth-order valence-electron chi connectivity index (χ4n) is 3.22. The molecule has 1 saturated heterocycles. The average Bonchev–Trinajstić information content (AvgIpc) is 2.68. The zero-order chi connectivity index (χ0) is 19.6. The van der Waals surface area contributed by atoms with Crippen LogP contribution in [0.25, 0.3) is 6.08 Å². The lowest BCUT2D eigenvalue weighted by Gasteiger charge is -2.42. The van der Waals surface area contributed by atoms with E-state index in [1.165, 1.54) is 33.5 Å². The number of hydrogen-bond donors (Lipinski definition) is 3. The van der Waals surface area contributed by atoms with E-state index in [0.717, 1.165) is 0 Å². The van der Waals surface area contributed by atoms with Crippen molar-refractivity contribution >= 4 is 6.08 Å². The minimum absolute atomic E-state index is 0.241. The molecule has 6 unspecified atom stereocenters. The summed E-state index contributed by atoms with van der Waals surface area (Å²) in [5.41, 5.74) is 0.706. The number of benzene rings is 1. The molecule has 6 atom stereocenters. The average molecular weight is 384 g/mol. The lowest BCUT2D eigenvalue weighted by molar-refractivity contribution is -0.286. The Kier molecular flexibility index (Phi) is 6.20. The largest absolute Gasteiger partial charge is 0.493 e. The number of aliphatic hydroxyl groups is 3. The molecule has 2 aliphatic rings. The van der Waals surface area contributed by atoms with E-state index in [0.29, 0.717) is 17.1 Å². The molecule has 0 bridgehead atoms. The number of aliphatic hydroxyl groups excluding tert-OH is 3. The van der Waals surface area contributed by atoms with Gasteiger partial charge in [-0.05, 0) is 18.2 Å². The van der Waals surface area contributed by atoms with E-state index in [4.69, 9.17) is 28.4 Å². The van der Waals surface area contributed by atoms with Gasteiger partial charge in [-0.3, -0.25) is 0 Å². The first-order valence-corrected chi connectivity index (χ1v) is 8.44. The monoisotopic (exact) mass is 384 g/mol. The lowest BCUT2D eigenvalue weighted by Crippen LogP contribution is -2.61. The number of methoxy groups -OCH3 is 3. The number of hydrogen-bond acceptors (Lipinski definition) is 9. The molecule has 2 heterocycles. The first kappa shape index (κ1) is 19.9. The second-order valence-electron chi connectivity index (χ2n) is 6.14. The van der Waals surface area contributed by atoms with Gasteiger partial charge in [0, 0.05) is 25.8 Å². The van der Waals surface area contributed by atoms with Crippen LogP contribution in [0.1, 0.15) is 5.56 Å². The van der Waals surface area contributed by atoms with Gasteiger partial charge in [0.15, 0.2) is 11.5 Å². The fourth-order valence-corrected chi connectivity index (χ4v) is 3.22. The highest BCUT2D eigenvalue weighted by Gasteiger charge is 2.47. The molecule has 1 fully saturated rings. The molecule has 3 N–H and O–H groups in total. The summed E-state index contributed by atoms with van der Waals surface area (Å²) in [4.78, 5) is 0. The summed E-state index contributed by atoms with van der Waals surface area (Å²) in [6.45, 7) is -0.341. The molecular weight excluding hydrogens is 360 g/mol. The van der Waals surface area contributed by atoms with Crippen molar-refractivity contribution < 1.29 is 43.7 Å². The summed E-state index contributed by atoms with van der Waals surface area (Å²) in [7, 11) is 4.35. The van der Waals surface area contributed by atoms with E-state index in [1.807, 2.05) is 0 Å². The van der Waals surface area contributed by atoms with E-state index in [-0.39, 0.29) is 12.4 Å². The molecule has 150 valence electrons. The highest BCUT2D eigenvalue weighted by atomic mass is 16.7. The molecule has 2 aliphatic heterocycles. The maximum atomic E-state index is 10.6. The van der Waals surface area contributed by atoms with Gasteiger partial charge in [0.05, 0.1) is 13.7 Å². The van der Waals surface area contributed by atoms with Crippen LogP contribution in [0.15, 0.2) is 18.2 Å². The lowest BCUT2D eigenvalue weighted by atomic mass is 9.98. The predicted octanol–water partition coefficient (Wildman–Crippen LogP) is -0.0939. The molecule has 0 saturated carbocycles. The third-order valence-electron chi connectivity index (χ3n) is 4.57. The molecule has 27 heavy (non-hydrogen) atoms. The zero-order valence-electron chi connectivity index (χ0n) is 15.3. The van der Waals surface area contributed by atoms with E-state index in [1.54, 1.807) is 12.1 Å². The van der Waals surface area contributed by atoms with Crippen LogP contribution in [-0.2, 0) is 14.2 Å². The topological polar surface area (TPSA) is 116 Å². The van der Waals surface area contributed by atoms with Gasteiger partial charge in [0.25, 0.3) is 0 Å². The highest BCUT2D eigenvalue weighted by molar-refractivity contribution is 5.65. The van der Waals surface area contributed by atoms with Crippen LogP contribution >= 0.6 is 0 Å². The second kappa shape index (κ2) is 8.42. The van der Waals surface area contributed by atoms with Crippen molar-refractivity contribution in [1.82, 2.24) is 0 Å². The van der Waals surface area contributed by atoms with Crippen LogP contribution < -0.4 is 14.2 Å². The van der Waals surface area contributed by atoms with E-state index in [2.05, 4.69) is 0 Å². The van der Waals surface area contributed by atoms with Gasteiger partial charge in [0.2, 0.25) is 12.6 Å². The fraction of sp³-hybridized carbons (Fsp3) is 0.556. The molecule has 9 nitrogen and oxygen atoms in total. The molecule has 0 spiro atoms. The van der Waals surface area contributed by atoms with Crippen LogP contribution in [0.2, 0.25) is 0 Å². The SMILES string of the molecule is COc1cc2c(cc1OC1OC(CO)C(OC)C(OC)C1O)OC(O)C=C2. The molecule has 0 amide bonds. The van der Waals surface area contributed by atoms with Crippen molar-refractivity contribution in [2.45, 2.75) is 37.0 Å². The van der Waals surface area contributed by atoms with Gasteiger partial charge in [-0.1, -0.05) is 0 Å². The Balaban J connectivity index is 1.87. The predicted molar refractivity (Wildman–Crippen MR) is 92.6 cm³/mol. The number of fused-ring (bicyclic) bond motifs is 1. The Morgan fingerprint density at radius 2 is 1.78 bits per heavy atom. The van der Waals surface area contributed by atoms with Gasteiger partial charge in [0.1, 0.15) is 30.2 Å². The van der Waals surface area contributed by atoms with Gasteiger partial charge in [-0.25, -0.2) is 0 Å². The Hall–Kier alpha value is -1.88. The summed E-state index contributed by atoms with van der Waals surface area (Å²) in [6.07, 6.45) is -2.37. The van der Waals surface area contributed by atoms with Crippen LogP contribution in [0.5, 0.6) is 17.2 Å². The second-order valence-corrected chi connectivity index (χ2v) is 6.14. The quantitative estimate of drug-likeness (QED) is 0.618. The molecule has 0 radical (unpaired) electrons. The van der Waals surface area contributed by atoms with Crippen molar-refractivity contribution in [3.8, 4) is 17.2 Å². The van der Waals surface area contributed by atoms with E-state index in [9.17, 15) is 15.3 Å². The van der Waals surface area contributed by atoms with Crippen molar-refractivity contribution in [1.29, 1.82) is 0 Å². The first-order valence-electron chi connectivity index (χ1n) is 8.44. The smallest absolute Gasteiger partial charge is 0.229 e. The van der Waals surface area contributed by atoms with Crippen molar-refractivity contribution in [3.05, 3.63) is 23.8 Å². The third-order valence-corrected chi connectivity index (χ3v) is 4.57. The van der Waals surface area contributed by atoms with Gasteiger partial charge in [-0.2, -0.15) is 0 Å². The first-order chi connectivity index (χ1) is 13.0. The van der Waals surface area contributed by atoms with Gasteiger partial charge < -0.3 is 43.7 Å². The molecule has 3 rings (SSSR count). The summed E-state index contributed by atoms with van der Waals surface area (Å²) >= 11 is 0. The maximum absolute atomic E-state index is 10.6. The number of ether oxygens (including phenoxy) is 6. The van der Waals surface area contributed by atoms with Crippen LogP contribution in [0.4, 0.5) is 0 Å². The third kappa shape index (κ3) is 3.88. The van der Waals surface area contributed by atoms with Crippen molar-refractivity contribution in [2.24, 2.45) is 0 Å². The molecule has 0 aromatic heterocycles. The normalized spacial score (nSPS) is 32.5. The Bertz CT molecular complexity index is 677. The van der Waals surface area contributed by atoms with Crippen LogP contribution in [0.3, 0.4) is 0 Å². The minimum Gasteiger partial charge on any atom is -0.493 e. The minimum atomic E-state index is -1.19. The molecular formula is C18H24O9. The standard InChI is InChI=1S/C18H24O9/c1-22-11-6-9-4-5-14(20)25-10(9)7-12(11)26-18-15(21)17(24-3)16(23-2)13(8-19)27-18/h4-7,13-21H,8H2,1-3H3. The summed E-state index contributed by atoms with van der Waals surface area (Å²) < 4.78 is 32.8. The summed E-state index contributed by atoms with van der Waals surface area (Å²) in [6, 6.07) is 3.21. The Labute approximate surface area is 156 Å². The Morgan fingerprint density at radius 3 is 2.41 bits per heavy atom. The summed E-state index contributed by atoms with van der Waals surface area (Å²) in [5.74, 6) is 1.02. The van der Waals surface area contributed by atoms with Gasteiger partial charge >= 0.3 is 0 Å². The number of rotatable bonds is 6. The maximum Gasteiger partial charge on any atom is 0.229 e. The van der Waals surface area contributed by atoms with E-state index < -0.39 is 37.0 Å². The molecule has 1 aromatic rings. The highest BCUT2D eigenvalue weighted by Crippen LogP contribution is 2.39. The zero-order valence-corrected chi connectivity index (χ0v) is 15.3. The molecule has 0 aliphatic carbocycles. The Morgan fingerprint density at radius 1 is 1.04 bits per heavy atom. The van der Waals surface area contributed by atoms with E-state index >= 15 is 0 Å². The summed E-state index contributed by atoms with van der Waals surface area (Å²) in [5, 5.41) is 29.8. The van der Waals surface area contributed by atoms with Crippen molar-refractivity contribution in [3.63, 3.8) is 0 Å². The van der Waals surface area contributed by atoms with Crippen LogP contribution in [0, 0.1) is 0 Å². The van der Waals surface area contributed by atoms with Gasteiger partial charge in [-0.15, -0.1) is 0 Å². The van der Waals surface area contributed by atoms with Crippen molar-refractivity contribution in [2.75, 3.05) is 27.9 Å². The molecule has 9 heteroatoms.